The van der Waals surface area contributed by atoms with Gasteiger partial charge in [0.25, 0.3) is 0 Å². The lowest BCUT2D eigenvalue weighted by molar-refractivity contribution is -0.383. The van der Waals surface area contributed by atoms with Crippen LogP contribution in [0.25, 0.3) is 0 Å². The summed E-state index contributed by atoms with van der Waals surface area (Å²) in [6.45, 7) is 0. The van der Waals surface area contributed by atoms with E-state index in [0.717, 1.165) is 0 Å². The maximum absolute atomic E-state index is 11.1. The molecule has 8 heteroatoms. The molecule has 0 radical (unpaired) electrons. The van der Waals surface area contributed by atoms with Crippen LogP contribution in [0.1, 0.15) is 0 Å². The highest BCUT2D eigenvalue weighted by Gasteiger charge is 2.22. The summed E-state index contributed by atoms with van der Waals surface area (Å²) in [5.41, 5.74) is 0.304. The van der Waals surface area contributed by atoms with E-state index in [-0.39, 0.29) is 17.3 Å². The minimum Gasteiger partial charge on any atom is -0.367 e. The maximum atomic E-state index is 11.1. The van der Waals surface area contributed by atoms with Crippen molar-refractivity contribution < 1.29 is 4.92 Å². The lowest BCUT2D eigenvalue weighted by atomic mass is 10.3. The van der Waals surface area contributed by atoms with Gasteiger partial charge < -0.3 is 10.6 Å². The molecule has 2 rings (SSSR count). The van der Waals surface area contributed by atoms with Crippen LogP contribution in [0.4, 0.5) is 23.0 Å². The number of halogens is 1. The summed E-state index contributed by atoms with van der Waals surface area (Å²) in [5, 5.41) is 17.0. The number of anilines is 3. The molecule has 0 aliphatic carbocycles. The van der Waals surface area contributed by atoms with E-state index < -0.39 is 4.92 Å². The molecule has 0 bridgehead atoms. The molecule has 0 amide bonds. The van der Waals surface area contributed by atoms with Crippen LogP contribution < -0.4 is 10.6 Å². The molecule has 0 aliphatic heterocycles. The zero-order valence-electron chi connectivity index (χ0n) is 9.92. The molecule has 1 aromatic heterocycles. The third-order valence-electron chi connectivity index (χ3n) is 2.37. The Balaban J connectivity index is 2.46. The van der Waals surface area contributed by atoms with Gasteiger partial charge in [0, 0.05) is 7.05 Å². The molecule has 1 aromatic carbocycles. The third kappa shape index (κ3) is 2.71. The first kappa shape index (κ1) is 13.0. The minimum atomic E-state index is -0.551. The van der Waals surface area contributed by atoms with Gasteiger partial charge in [0.15, 0.2) is 0 Å². The van der Waals surface area contributed by atoms with E-state index in [2.05, 4.69) is 20.6 Å². The van der Waals surface area contributed by atoms with E-state index in [9.17, 15) is 10.1 Å². The second-order valence-corrected chi connectivity index (χ2v) is 3.94. The fourth-order valence-electron chi connectivity index (χ4n) is 1.52. The summed E-state index contributed by atoms with van der Waals surface area (Å²) in [6, 6.07) is 6.91. The SMILES string of the molecule is CNc1ncnc(Nc2ccccc2Cl)c1[N+](=O)[O-]. The first-order chi connectivity index (χ1) is 9.13. The van der Waals surface area contributed by atoms with Crippen molar-refractivity contribution in [3.8, 4) is 0 Å². The molecule has 0 spiro atoms. The number of nitrogens with one attached hydrogen (secondary N) is 2. The number of aromatic nitrogens is 2. The van der Waals surface area contributed by atoms with Gasteiger partial charge >= 0.3 is 5.69 Å². The average molecular weight is 280 g/mol. The molecule has 0 atom stereocenters. The van der Waals surface area contributed by atoms with Gasteiger partial charge in [-0.2, -0.15) is 0 Å². The number of hydrogen-bond acceptors (Lipinski definition) is 6. The molecule has 0 unspecified atom stereocenters. The van der Waals surface area contributed by atoms with Crippen molar-refractivity contribution in [2.24, 2.45) is 0 Å². The van der Waals surface area contributed by atoms with Gasteiger partial charge in [-0.3, -0.25) is 10.1 Å². The van der Waals surface area contributed by atoms with Gasteiger partial charge in [0.05, 0.1) is 15.6 Å². The monoisotopic (exact) mass is 279 g/mol. The average Bonchev–Trinajstić information content (AvgIpc) is 2.40. The van der Waals surface area contributed by atoms with E-state index >= 15 is 0 Å². The summed E-state index contributed by atoms with van der Waals surface area (Å²) in [5.74, 6) is 0.215. The molecule has 19 heavy (non-hydrogen) atoms. The summed E-state index contributed by atoms with van der Waals surface area (Å²) < 4.78 is 0. The first-order valence-corrected chi connectivity index (χ1v) is 5.70. The topological polar surface area (TPSA) is 93.0 Å². The van der Waals surface area contributed by atoms with E-state index in [1.165, 1.54) is 6.33 Å². The number of hydrogen-bond donors (Lipinski definition) is 2. The number of rotatable bonds is 4. The molecule has 0 aliphatic rings. The lowest BCUT2D eigenvalue weighted by Gasteiger charge is -2.09. The van der Waals surface area contributed by atoms with Crippen LogP contribution in [0.5, 0.6) is 0 Å². The van der Waals surface area contributed by atoms with Crippen LogP contribution in [0.2, 0.25) is 5.02 Å². The smallest absolute Gasteiger partial charge is 0.353 e. The molecule has 2 aromatic rings. The van der Waals surface area contributed by atoms with Crippen LogP contribution in [0.3, 0.4) is 0 Å². The van der Waals surface area contributed by atoms with Gasteiger partial charge in [-0.05, 0) is 12.1 Å². The maximum Gasteiger partial charge on any atom is 0.353 e. The first-order valence-electron chi connectivity index (χ1n) is 5.32. The third-order valence-corrected chi connectivity index (χ3v) is 2.70. The van der Waals surface area contributed by atoms with Gasteiger partial charge in [-0.15, -0.1) is 0 Å². The van der Waals surface area contributed by atoms with Gasteiger partial charge in [-0.1, -0.05) is 23.7 Å². The second kappa shape index (κ2) is 5.49. The van der Waals surface area contributed by atoms with Gasteiger partial charge in [-0.25, -0.2) is 9.97 Å². The van der Waals surface area contributed by atoms with Crippen molar-refractivity contribution in [3.63, 3.8) is 0 Å². The van der Waals surface area contributed by atoms with Crippen molar-refractivity contribution in [1.29, 1.82) is 0 Å². The molecule has 0 fully saturated rings. The van der Waals surface area contributed by atoms with E-state index in [4.69, 9.17) is 11.6 Å². The molecule has 7 nitrogen and oxygen atoms in total. The summed E-state index contributed by atoms with van der Waals surface area (Å²) in [7, 11) is 1.55. The number of nitrogens with zero attached hydrogens (tertiary/aromatic N) is 3. The molecule has 1 heterocycles. The minimum absolute atomic E-state index is 0.0810. The fourth-order valence-corrected chi connectivity index (χ4v) is 1.70. The van der Waals surface area contributed by atoms with Crippen LogP contribution >= 0.6 is 11.6 Å². The molecule has 0 saturated heterocycles. The van der Waals surface area contributed by atoms with Crippen molar-refractivity contribution in [2.75, 3.05) is 17.7 Å². The molecular formula is C11H10ClN5O2. The Hall–Kier alpha value is -2.41. The number of nitro groups is 1. The van der Waals surface area contributed by atoms with Crippen molar-refractivity contribution >= 4 is 34.6 Å². The predicted octanol–water partition coefficient (Wildman–Crippen LogP) is 2.82. The summed E-state index contributed by atoms with van der Waals surface area (Å²) >= 11 is 5.99. The van der Waals surface area contributed by atoms with E-state index in [1.54, 1.807) is 31.3 Å². The fraction of sp³-hybridized carbons (Fsp3) is 0.0909. The van der Waals surface area contributed by atoms with Crippen molar-refractivity contribution in [1.82, 2.24) is 9.97 Å². The Bertz CT molecular complexity index is 620. The normalized spacial score (nSPS) is 10.0. The Morgan fingerprint density at radius 3 is 2.58 bits per heavy atom. The summed E-state index contributed by atoms with van der Waals surface area (Å²) in [6.07, 6.45) is 1.23. The van der Waals surface area contributed by atoms with Crippen LogP contribution in [0.15, 0.2) is 30.6 Å². The number of benzene rings is 1. The lowest BCUT2D eigenvalue weighted by Crippen LogP contribution is -2.05. The highest BCUT2D eigenvalue weighted by molar-refractivity contribution is 6.33. The Kier molecular flexibility index (Phi) is 3.76. The van der Waals surface area contributed by atoms with E-state index in [1.807, 2.05) is 0 Å². The van der Waals surface area contributed by atoms with Crippen LogP contribution in [0, 0.1) is 10.1 Å². The molecule has 0 saturated carbocycles. The van der Waals surface area contributed by atoms with Crippen molar-refractivity contribution in [3.05, 3.63) is 45.7 Å². The molecule has 98 valence electrons. The Morgan fingerprint density at radius 2 is 1.95 bits per heavy atom. The summed E-state index contributed by atoms with van der Waals surface area (Å²) in [4.78, 5) is 18.2. The molecular weight excluding hydrogens is 270 g/mol. The van der Waals surface area contributed by atoms with Crippen LogP contribution in [-0.2, 0) is 0 Å². The highest BCUT2D eigenvalue weighted by atomic mass is 35.5. The molecule has 2 N–H and O–H groups in total. The highest BCUT2D eigenvalue weighted by Crippen LogP contribution is 2.32. The largest absolute Gasteiger partial charge is 0.367 e. The zero-order chi connectivity index (χ0) is 13.8. The second-order valence-electron chi connectivity index (χ2n) is 3.53. The van der Waals surface area contributed by atoms with Crippen LogP contribution in [-0.4, -0.2) is 21.9 Å². The number of para-hydroxylation sites is 1. The van der Waals surface area contributed by atoms with Gasteiger partial charge in [0.1, 0.15) is 6.33 Å². The van der Waals surface area contributed by atoms with E-state index in [0.29, 0.717) is 10.7 Å². The zero-order valence-corrected chi connectivity index (χ0v) is 10.7. The predicted molar refractivity (Wildman–Crippen MR) is 73.0 cm³/mol. The Morgan fingerprint density at radius 1 is 1.26 bits per heavy atom. The standard InChI is InChI=1S/C11H10ClN5O2/c1-13-10-9(17(18)19)11(15-6-14-10)16-8-5-3-2-4-7(8)12/h2-6H,1H3,(H2,13,14,15,16). The van der Waals surface area contributed by atoms with Gasteiger partial charge in [0.2, 0.25) is 11.6 Å². The Labute approximate surface area is 113 Å². The van der Waals surface area contributed by atoms with Crippen molar-refractivity contribution in [2.45, 2.75) is 0 Å². The quantitative estimate of drug-likeness (QED) is 0.660.